The summed E-state index contributed by atoms with van der Waals surface area (Å²) in [6.07, 6.45) is -2.43. The van der Waals surface area contributed by atoms with Crippen molar-refractivity contribution >= 4 is 28.5 Å². The molecule has 0 aromatic carbocycles. The fourth-order valence-electron chi connectivity index (χ4n) is 2.52. The van der Waals surface area contributed by atoms with Gasteiger partial charge in [-0.3, -0.25) is 4.79 Å². The van der Waals surface area contributed by atoms with E-state index in [1.165, 1.54) is 17.2 Å². The van der Waals surface area contributed by atoms with Crippen molar-refractivity contribution in [3.63, 3.8) is 0 Å². The Hall–Kier alpha value is -3.06. The fourth-order valence-corrected chi connectivity index (χ4v) is 2.75. The molecule has 7 nitrogen and oxygen atoms in total. The third kappa shape index (κ3) is 3.09. The van der Waals surface area contributed by atoms with Crippen LogP contribution in [0.25, 0.3) is 22.5 Å². The van der Waals surface area contributed by atoms with E-state index in [0.29, 0.717) is 5.76 Å². The van der Waals surface area contributed by atoms with E-state index in [-0.39, 0.29) is 40.5 Å². The van der Waals surface area contributed by atoms with Gasteiger partial charge in [-0.25, -0.2) is 9.97 Å². The summed E-state index contributed by atoms with van der Waals surface area (Å²) in [6, 6.07) is 5.18. The van der Waals surface area contributed by atoms with Crippen LogP contribution in [-0.2, 0) is 11.3 Å². The predicted molar refractivity (Wildman–Crippen MR) is 84.0 cm³/mol. The molecule has 0 aliphatic rings. The molecule has 134 valence electrons. The van der Waals surface area contributed by atoms with Crippen molar-refractivity contribution in [2.45, 2.75) is 12.7 Å². The molecule has 0 aliphatic carbocycles. The van der Waals surface area contributed by atoms with Gasteiger partial charge in [0.05, 0.1) is 6.26 Å². The number of nitriles is 1. The first-order valence-corrected chi connectivity index (χ1v) is 7.54. The fraction of sp³-hybridized carbons (Fsp3) is 0.200. The summed E-state index contributed by atoms with van der Waals surface area (Å²) in [6.45, 7) is -0.463. The number of amides is 1. The molecule has 3 aromatic heterocycles. The van der Waals surface area contributed by atoms with Crippen LogP contribution in [0.4, 0.5) is 13.2 Å². The number of alkyl halides is 3. The molecule has 0 atom stereocenters. The number of aromatic nitrogens is 3. The van der Waals surface area contributed by atoms with Crippen molar-refractivity contribution in [2.24, 2.45) is 0 Å². The van der Waals surface area contributed by atoms with Gasteiger partial charge in [0, 0.05) is 13.1 Å². The molecule has 0 radical (unpaired) electrons. The van der Waals surface area contributed by atoms with E-state index in [9.17, 15) is 23.2 Å². The van der Waals surface area contributed by atoms with E-state index in [2.05, 4.69) is 9.97 Å². The number of carbonyl (C=O) groups excluding carboxylic acids is 1. The Balaban J connectivity index is 2.07. The summed E-state index contributed by atoms with van der Waals surface area (Å²) in [5, 5.41) is 11.3. The minimum Gasteiger partial charge on any atom is -0.463 e. The Morgan fingerprint density at radius 3 is 2.81 bits per heavy atom. The van der Waals surface area contributed by atoms with E-state index < -0.39 is 12.1 Å². The average Bonchev–Trinajstić information content (AvgIpc) is 3.20. The van der Waals surface area contributed by atoms with Gasteiger partial charge in [-0.15, -0.1) is 0 Å². The maximum atomic E-state index is 12.3. The molecule has 26 heavy (non-hydrogen) atoms. The number of hydrogen-bond acceptors (Lipinski definition) is 5. The van der Waals surface area contributed by atoms with Crippen LogP contribution in [-0.4, -0.2) is 33.2 Å². The highest BCUT2D eigenvalue weighted by molar-refractivity contribution is 6.34. The number of carbonyl (C=O) groups is 1. The van der Waals surface area contributed by atoms with Crippen LogP contribution in [0.15, 0.2) is 29.1 Å². The van der Waals surface area contributed by atoms with Gasteiger partial charge in [-0.05, 0) is 12.1 Å². The van der Waals surface area contributed by atoms with Gasteiger partial charge >= 0.3 is 12.1 Å². The van der Waals surface area contributed by atoms with Gasteiger partial charge < -0.3 is 14.3 Å². The van der Waals surface area contributed by atoms with Crippen molar-refractivity contribution in [3.05, 3.63) is 35.4 Å². The van der Waals surface area contributed by atoms with Crippen molar-refractivity contribution in [2.75, 3.05) is 6.54 Å². The first-order chi connectivity index (χ1) is 12.3. The maximum Gasteiger partial charge on any atom is 0.471 e. The summed E-state index contributed by atoms with van der Waals surface area (Å²) in [5.41, 5.74) is 0.928. The van der Waals surface area contributed by atoms with Crippen molar-refractivity contribution in [1.82, 2.24) is 19.9 Å². The van der Waals surface area contributed by atoms with Crippen molar-refractivity contribution < 1.29 is 22.4 Å². The molecule has 1 amide bonds. The summed E-state index contributed by atoms with van der Waals surface area (Å²) < 4.78 is 43.8. The van der Waals surface area contributed by atoms with Gasteiger partial charge in [0.15, 0.2) is 10.9 Å². The molecule has 3 rings (SSSR count). The van der Waals surface area contributed by atoms with Crippen LogP contribution in [0.1, 0.15) is 5.56 Å². The maximum absolute atomic E-state index is 12.3. The average molecular weight is 384 g/mol. The number of rotatable bonds is 4. The normalized spacial score (nSPS) is 11.5. The van der Waals surface area contributed by atoms with Gasteiger partial charge in [0.1, 0.15) is 34.7 Å². The van der Waals surface area contributed by atoms with E-state index >= 15 is 0 Å². The molecule has 0 saturated carbocycles. The zero-order valence-electron chi connectivity index (χ0n) is 12.8. The highest BCUT2D eigenvalue weighted by Gasteiger charge is 2.38. The number of nitrogens with one attached hydrogen (secondary N) is 1. The standard InChI is InChI=1S/C15H9ClF3N5O2/c16-13-12-10(22-7-23-13)8(6-20)11(9-2-1-5-26-9)24(12)4-3-21-14(25)15(17,18)19/h1-2,5,7H,3-4H2,(H,21,25). The van der Waals surface area contributed by atoms with Gasteiger partial charge in [-0.2, -0.15) is 18.4 Å². The lowest BCUT2D eigenvalue weighted by Gasteiger charge is -2.12. The van der Waals surface area contributed by atoms with Crippen molar-refractivity contribution in [3.8, 4) is 17.5 Å². The molecule has 3 aromatic rings. The van der Waals surface area contributed by atoms with Crippen LogP contribution in [0.3, 0.4) is 0 Å². The molecular formula is C15H9ClF3N5O2. The SMILES string of the molecule is N#Cc1c(-c2ccco2)n(CCNC(=O)C(F)(F)F)c2c(Cl)ncnc12. The summed E-state index contributed by atoms with van der Waals surface area (Å²) >= 11 is 6.10. The Morgan fingerprint density at radius 2 is 2.19 bits per heavy atom. The second-order valence-electron chi connectivity index (χ2n) is 5.08. The molecule has 3 heterocycles. The van der Waals surface area contributed by atoms with Gasteiger partial charge in [0.25, 0.3) is 0 Å². The molecule has 0 unspecified atom stereocenters. The lowest BCUT2D eigenvalue weighted by atomic mass is 10.2. The van der Waals surface area contributed by atoms with Crippen molar-refractivity contribution in [1.29, 1.82) is 5.26 Å². The topological polar surface area (TPSA) is 96.7 Å². The van der Waals surface area contributed by atoms with Crippen LogP contribution in [0.2, 0.25) is 5.15 Å². The monoisotopic (exact) mass is 383 g/mol. The van der Waals surface area contributed by atoms with E-state index in [1.807, 2.05) is 6.07 Å². The van der Waals surface area contributed by atoms with Gasteiger partial charge in [-0.1, -0.05) is 11.6 Å². The molecule has 0 spiro atoms. The quantitative estimate of drug-likeness (QED) is 0.699. The first kappa shape index (κ1) is 17.8. The summed E-state index contributed by atoms with van der Waals surface area (Å²) in [5.74, 6) is -1.76. The second kappa shape index (κ2) is 6.68. The molecule has 0 saturated heterocycles. The van der Waals surface area contributed by atoms with E-state index in [0.717, 1.165) is 0 Å². The van der Waals surface area contributed by atoms with Gasteiger partial charge in [0.2, 0.25) is 0 Å². The molecule has 0 bridgehead atoms. The third-order valence-corrected chi connectivity index (χ3v) is 3.81. The minimum atomic E-state index is -4.98. The number of nitrogens with zero attached hydrogens (tertiary/aromatic N) is 4. The largest absolute Gasteiger partial charge is 0.471 e. The van der Waals surface area contributed by atoms with E-state index in [1.54, 1.807) is 17.4 Å². The molecule has 0 aliphatic heterocycles. The Kier molecular flexibility index (Phi) is 4.56. The second-order valence-corrected chi connectivity index (χ2v) is 5.44. The first-order valence-electron chi connectivity index (χ1n) is 7.16. The Morgan fingerprint density at radius 1 is 1.42 bits per heavy atom. The summed E-state index contributed by atoms with van der Waals surface area (Å²) in [4.78, 5) is 18.9. The lowest BCUT2D eigenvalue weighted by molar-refractivity contribution is -0.173. The number of halogens is 4. The zero-order chi connectivity index (χ0) is 18.9. The molecule has 11 heteroatoms. The number of hydrogen-bond donors (Lipinski definition) is 1. The highest BCUT2D eigenvalue weighted by atomic mass is 35.5. The zero-order valence-corrected chi connectivity index (χ0v) is 13.6. The predicted octanol–water partition coefficient (Wildman–Crippen LogP) is 2.89. The highest BCUT2D eigenvalue weighted by Crippen LogP contribution is 2.34. The smallest absolute Gasteiger partial charge is 0.463 e. The minimum absolute atomic E-state index is 0.0199. The third-order valence-electron chi connectivity index (χ3n) is 3.54. The lowest BCUT2D eigenvalue weighted by Crippen LogP contribution is -2.38. The Bertz CT molecular complexity index is 1010. The Labute approximate surface area is 149 Å². The van der Waals surface area contributed by atoms with Crippen LogP contribution in [0, 0.1) is 11.3 Å². The van der Waals surface area contributed by atoms with Crippen LogP contribution in [0.5, 0.6) is 0 Å². The summed E-state index contributed by atoms with van der Waals surface area (Å²) in [7, 11) is 0. The molecule has 0 fully saturated rings. The molecular weight excluding hydrogens is 375 g/mol. The number of furan rings is 1. The number of fused-ring (bicyclic) bond motifs is 1. The van der Waals surface area contributed by atoms with E-state index in [4.69, 9.17) is 16.0 Å². The van der Waals surface area contributed by atoms with Crippen LogP contribution < -0.4 is 5.32 Å². The molecule has 1 N–H and O–H groups in total. The van der Waals surface area contributed by atoms with Crippen LogP contribution >= 0.6 is 11.6 Å².